The zero-order chi connectivity index (χ0) is 22.6. The first-order valence-corrected chi connectivity index (χ1v) is 12.8. The van der Waals surface area contributed by atoms with Gasteiger partial charge in [-0.05, 0) is 57.9 Å². The van der Waals surface area contributed by atoms with Crippen molar-refractivity contribution in [1.29, 1.82) is 0 Å². The van der Waals surface area contributed by atoms with Crippen molar-refractivity contribution >= 4 is 27.3 Å². The molecule has 8 nitrogen and oxygen atoms in total. The number of carbonyl (C=O) groups excluding carboxylic acids is 1. The Labute approximate surface area is 187 Å². The van der Waals surface area contributed by atoms with E-state index < -0.39 is 21.6 Å². The van der Waals surface area contributed by atoms with Gasteiger partial charge in [-0.15, -0.1) is 16.4 Å². The Balaban J connectivity index is 1.46. The highest BCUT2D eigenvalue weighted by Gasteiger charge is 2.27. The van der Waals surface area contributed by atoms with Crippen LogP contribution in [0.1, 0.15) is 50.2 Å². The number of benzene rings is 1. The maximum atomic E-state index is 11.8. The number of ether oxygens (including phenoxy) is 2. The molecule has 0 N–H and O–H groups in total. The maximum Gasteiger partial charge on any atom is 0.528 e. The van der Waals surface area contributed by atoms with Crippen molar-refractivity contribution in [2.45, 2.75) is 56.6 Å². The normalized spacial score (nSPS) is 16.1. The predicted octanol–water partition coefficient (Wildman–Crippen LogP) is 4.17. The van der Waals surface area contributed by atoms with Gasteiger partial charge >= 0.3 is 6.16 Å². The monoisotopic (exact) mass is 468 g/mol. The van der Waals surface area contributed by atoms with Crippen molar-refractivity contribution in [3.05, 3.63) is 40.3 Å². The minimum atomic E-state index is -3.22. The molecule has 2 heterocycles. The molecule has 0 aliphatic carbocycles. The van der Waals surface area contributed by atoms with Crippen molar-refractivity contribution in [2.75, 3.05) is 19.3 Å². The summed E-state index contributed by atoms with van der Waals surface area (Å²) >= 11 is 1.60. The fraction of sp³-hybridized carbons (Fsp3) is 0.524. The lowest BCUT2D eigenvalue weighted by Gasteiger charge is -2.30. The average Bonchev–Trinajstić information content (AvgIpc) is 3.14. The quantitative estimate of drug-likeness (QED) is 0.583. The van der Waals surface area contributed by atoms with Gasteiger partial charge in [0, 0.05) is 30.6 Å². The summed E-state index contributed by atoms with van der Waals surface area (Å²) in [5.41, 5.74) is 0.254. The molecule has 2 aromatic rings. The molecule has 0 atom stereocenters. The Morgan fingerprint density at radius 2 is 1.84 bits per heavy atom. The van der Waals surface area contributed by atoms with Gasteiger partial charge in [-0.3, -0.25) is 0 Å². The molecule has 1 saturated heterocycles. The molecule has 0 unspecified atom stereocenters. The first-order valence-electron chi connectivity index (χ1n) is 10.0. The molecule has 0 spiro atoms. The number of rotatable bonds is 6. The number of thiazole rings is 1. The highest BCUT2D eigenvalue weighted by atomic mass is 32.2. The van der Waals surface area contributed by atoms with Crippen LogP contribution in [-0.2, 0) is 26.0 Å². The van der Waals surface area contributed by atoms with Crippen molar-refractivity contribution in [2.24, 2.45) is 0 Å². The van der Waals surface area contributed by atoms with E-state index in [1.54, 1.807) is 49.3 Å². The lowest BCUT2D eigenvalue weighted by Crippen LogP contribution is -2.37. The third-order valence-electron chi connectivity index (χ3n) is 4.60. The molecule has 10 heteroatoms. The Morgan fingerprint density at radius 1 is 1.19 bits per heavy atom. The third kappa shape index (κ3) is 7.19. The highest BCUT2D eigenvalue weighted by Crippen LogP contribution is 2.31. The number of piperidine rings is 1. The first kappa shape index (κ1) is 23.5. The van der Waals surface area contributed by atoms with Crippen LogP contribution < -0.4 is 4.74 Å². The van der Waals surface area contributed by atoms with E-state index in [2.05, 4.69) is 4.98 Å². The molecule has 0 amide bonds. The summed E-state index contributed by atoms with van der Waals surface area (Å²) in [5.74, 6) is 0.904. The molecule has 1 aliphatic heterocycles. The summed E-state index contributed by atoms with van der Waals surface area (Å²) in [6.07, 6.45) is 2.17. The number of nitrogens with zero attached hydrogens (tertiary/aromatic N) is 2. The van der Waals surface area contributed by atoms with E-state index in [-0.39, 0.29) is 4.90 Å². The number of hydroxylamine groups is 2. The molecule has 1 aliphatic rings. The molecule has 170 valence electrons. The van der Waals surface area contributed by atoms with E-state index in [9.17, 15) is 13.2 Å². The number of hydrogen-bond acceptors (Lipinski definition) is 9. The Bertz CT molecular complexity index is 988. The average molecular weight is 469 g/mol. The van der Waals surface area contributed by atoms with Gasteiger partial charge in [0.25, 0.3) is 0 Å². The molecule has 3 rings (SSSR count). The number of hydrogen-bond donors (Lipinski definition) is 0. The molecule has 1 fully saturated rings. The molecular weight excluding hydrogens is 440 g/mol. The van der Waals surface area contributed by atoms with Crippen molar-refractivity contribution < 1.29 is 27.5 Å². The van der Waals surface area contributed by atoms with Crippen LogP contribution in [0, 0.1) is 0 Å². The molecule has 0 radical (unpaired) electrons. The van der Waals surface area contributed by atoms with E-state index in [1.165, 1.54) is 18.4 Å². The molecule has 0 bridgehead atoms. The lowest BCUT2D eigenvalue weighted by atomic mass is 9.99. The van der Waals surface area contributed by atoms with Crippen LogP contribution in [0.15, 0.2) is 34.5 Å². The van der Waals surface area contributed by atoms with Crippen LogP contribution >= 0.6 is 11.3 Å². The van der Waals surface area contributed by atoms with Gasteiger partial charge in [0.05, 0.1) is 15.6 Å². The van der Waals surface area contributed by atoms with Crippen LogP contribution in [0.3, 0.4) is 0 Å². The lowest BCUT2D eigenvalue weighted by molar-refractivity contribution is -0.152. The van der Waals surface area contributed by atoms with Gasteiger partial charge in [0.1, 0.15) is 18.0 Å². The molecule has 31 heavy (non-hydrogen) atoms. The second-order valence-electron chi connectivity index (χ2n) is 8.47. The summed E-state index contributed by atoms with van der Waals surface area (Å²) in [5, 5.41) is 4.66. The number of aromatic nitrogens is 1. The minimum absolute atomic E-state index is 0.262. The van der Waals surface area contributed by atoms with E-state index in [4.69, 9.17) is 14.3 Å². The van der Waals surface area contributed by atoms with E-state index in [0.717, 1.165) is 23.5 Å². The van der Waals surface area contributed by atoms with Gasteiger partial charge in [-0.1, -0.05) is 0 Å². The molecule has 0 saturated carbocycles. The minimum Gasteiger partial charge on any atom is -0.487 e. The van der Waals surface area contributed by atoms with E-state index in [0.29, 0.717) is 31.4 Å². The zero-order valence-electron chi connectivity index (χ0n) is 18.2. The summed E-state index contributed by atoms with van der Waals surface area (Å²) < 4.78 is 34.0. The van der Waals surface area contributed by atoms with Crippen LogP contribution in [0.5, 0.6) is 5.75 Å². The van der Waals surface area contributed by atoms with Gasteiger partial charge in [-0.2, -0.15) is 0 Å². The van der Waals surface area contributed by atoms with E-state index >= 15 is 0 Å². The van der Waals surface area contributed by atoms with Gasteiger partial charge in [0.2, 0.25) is 0 Å². The molecule has 1 aromatic heterocycles. The topological polar surface area (TPSA) is 95.0 Å². The summed E-state index contributed by atoms with van der Waals surface area (Å²) in [7, 11) is -3.22. The van der Waals surface area contributed by atoms with Crippen LogP contribution in [-0.4, -0.2) is 49.6 Å². The van der Waals surface area contributed by atoms with Gasteiger partial charge < -0.3 is 14.3 Å². The van der Waals surface area contributed by atoms with Crippen molar-refractivity contribution in [3.63, 3.8) is 0 Å². The van der Waals surface area contributed by atoms with Crippen LogP contribution in [0.25, 0.3) is 0 Å². The number of carbonyl (C=O) groups is 1. The zero-order valence-corrected chi connectivity index (χ0v) is 19.8. The molecule has 1 aromatic carbocycles. The second kappa shape index (κ2) is 9.54. The summed E-state index contributed by atoms with van der Waals surface area (Å²) in [6.45, 7) is 6.97. The SMILES string of the molecule is CC(C)(C)OC(=O)ON1CCC(c2nc(COc3ccc(S(C)(=O)=O)cc3)cs2)CC1. The standard InChI is InChI=1S/C21H28N2O6S2/c1-21(2,3)28-20(24)29-23-11-9-15(10-12-23)19-22-16(14-30-19)13-27-17-5-7-18(8-6-17)31(4,25)26/h5-8,14-15H,9-13H2,1-4H3. The smallest absolute Gasteiger partial charge is 0.487 e. The van der Waals surface area contributed by atoms with E-state index in [1.807, 2.05) is 5.38 Å². The fourth-order valence-corrected chi connectivity index (χ4v) is 4.69. The van der Waals surface area contributed by atoms with Gasteiger partial charge in [-0.25, -0.2) is 18.2 Å². The third-order valence-corrected chi connectivity index (χ3v) is 6.79. The predicted molar refractivity (Wildman–Crippen MR) is 117 cm³/mol. The van der Waals surface area contributed by atoms with Gasteiger partial charge in [0.15, 0.2) is 9.84 Å². The Morgan fingerprint density at radius 3 is 2.42 bits per heavy atom. The largest absolute Gasteiger partial charge is 0.528 e. The van der Waals surface area contributed by atoms with Crippen LogP contribution in [0.4, 0.5) is 4.79 Å². The Kier molecular flexibility index (Phi) is 7.23. The van der Waals surface area contributed by atoms with Crippen LogP contribution in [0.2, 0.25) is 0 Å². The fourth-order valence-electron chi connectivity index (χ4n) is 3.08. The molecular formula is C21H28N2O6S2. The first-order chi connectivity index (χ1) is 14.5. The summed E-state index contributed by atoms with van der Waals surface area (Å²) in [4.78, 5) is 22.0. The number of sulfone groups is 1. The summed E-state index contributed by atoms with van der Waals surface area (Å²) in [6, 6.07) is 6.35. The Hall–Kier alpha value is -2.17. The highest BCUT2D eigenvalue weighted by molar-refractivity contribution is 7.90. The second-order valence-corrected chi connectivity index (χ2v) is 11.4. The van der Waals surface area contributed by atoms with Crippen molar-refractivity contribution in [3.8, 4) is 5.75 Å². The maximum absolute atomic E-state index is 11.8. The van der Waals surface area contributed by atoms with Crippen molar-refractivity contribution in [1.82, 2.24) is 10.0 Å².